The Morgan fingerprint density at radius 3 is 2.74 bits per heavy atom. The van der Waals surface area contributed by atoms with E-state index in [9.17, 15) is 5.11 Å². The molecular weight excluding hydrogens is 405 g/mol. The fourth-order valence-corrected chi connectivity index (χ4v) is 2.11. The second kappa shape index (κ2) is 10.9. The minimum Gasteiger partial charge on any atom is -0.508 e. The van der Waals surface area contributed by atoms with Gasteiger partial charge in [-0.3, -0.25) is 4.99 Å². The van der Waals surface area contributed by atoms with Crippen molar-refractivity contribution in [1.29, 1.82) is 0 Å². The topological polar surface area (TPSA) is 69.8 Å². The molecule has 0 aliphatic rings. The van der Waals surface area contributed by atoms with Gasteiger partial charge in [-0.25, -0.2) is 0 Å². The lowest BCUT2D eigenvalue weighted by atomic mass is 10.1. The van der Waals surface area contributed by atoms with E-state index in [2.05, 4.69) is 15.6 Å². The summed E-state index contributed by atoms with van der Waals surface area (Å²) in [5.41, 5.74) is 1.10. The molecule has 1 heterocycles. The third-order valence-electron chi connectivity index (χ3n) is 3.17. The molecule has 0 radical (unpaired) electrons. The molecule has 6 heteroatoms. The quantitative estimate of drug-likeness (QED) is 0.360. The molecule has 0 aliphatic carbocycles. The molecule has 0 fully saturated rings. The highest BCUT2D eigenvalue weighted by Crippen LogP contribution is 2.10. The predicted molar refractivity (Wildman–Crippen MR) is 104 cm³/mol. The molecule has 1 aromatic heterocycles. The molecule has 0 saturated carbocycles. The highest BCUT2D eigenvalue weighted by molar-refractivity contribution is 14.0. The van der Waals surface area contributed by atoms with Crippen LogP contribution in [0.2, 0.25) is 0 Å². The number of benzene rings is 1. The highest BCUT2D eigenvalue weighted by Gasteiger charge is 2.00. The minimum absolute atomic E-state index is 0. The molecule has 0 unspecified atom stereocenters. The van der Waals surface area contributed by atoms with Gasteiger partial charge in [0.25, 0.3) is 0 Å². The van der Waals surface area contributed by atoms with Gasteiger partial charge in [0.15, 0.2) is 5.96 Å². The first-order chi connectivity index (χ1) is 10.8. The number of nitrogens with one attached hydrogen (secondary N) is 2. The molecule has 1 aromatic carbocycles. The van der Waals surface area contributed by atoms with Crippen LogP contribution in [0.15, 0.2) is 52.1 Å². The molecule has 0 bridgehead atoms. The number of phenols is 1. The first-order valence-corrected chi connectivity index (χ1v) is 7.60. The summed E-state index contributed by atoms with van der Waals surface area (Å²) < 4.78 is 5.29. The second-order valence-corrected chi connectivity index (χ2v) is 4.94. The van der Waals surface area contributed by atoms with Gasteiger partial charge in [0.05, 0.1) is 6.26 Å². The summed E-state index contributed by atoms with van der Waals surface area (Å²) in [5, 5.41) is 16.0. The number of nitrogens with zero attached hydrogens (tertiary/aromatic N) is 1. The number of furan rings is 1. The largest absolute Gasteiger partial charge is 0.508 e. The molecule has 0 aliphatic heterocycles. The standard InChI is InChI=1S/C17H23N3O2.HI/c1-2-18-17(20-11-9-16-7-4-12-22-16)19-10-8-14-5-3-6-15(21)13-14;/h3-7,12-13,21H,2,8-11H2,1H3,(H2,18,19,20);1H. The van der Waals surface area contributed by atoms with Gasteiger partial charge in [-0.1, -0.05) is 12.1 Å². The van der Waals surface area contributed by atoms with Crippen molar-refractivity contribution >= 4 is 29.9 Å². The molecule has 2 aromatic rings. The van der Waals surface area contributed by atoms with Crippen LogP contribution in [0.1, 0.15) is 18.2 Å². The number of aromatic hydroxyl groups is 1. The van der Waals surface area contributed by atoms with Crippen LogP contribution >= 0.6 is 24.0 Å². The van der Waals surface area contributed by atoms with Gasteiger partial charge in [0.1, 0.15) is 11.5 Å². The number of rotatable bonds is 7. The molecule has 3 N–H and O–H groups in total. The summed E-state index contributed by atoms with van der Waals surface area (Å²) in [4.78, 5) is 4.52. The SMILES string of the molecule is CCNC(=NCCc1ccco1)NCCc1cccc(O)c1.I. The van der Waals surface area contributed by atoms with Gasteiger partial charge in [0, 0.05) is 26.1 Å². The monoisotopic (exact) mass is 429 g/mol. The third-order valence-corrected chi connectivity index (χ3v) is 3.17. The maximum Gasteiger partial charge on any atom is 0.191 e. The molecule has 2 rings (SSSR count). The first-order valence-electron chi connectivity index (χ1n) is 7.60. The van der Waals surface area contributed by atoms with E-state index in [-0.39, 0.29) is 24.0 Å². The Kier molecular flexibility index (Phi) is 9.20. The van der Waals surface area contributed by atoms with Gasteiger partial charge in [-0.2, -0.15) is 0 Å². The molecule has 0 spiro atoms. The summed E-state index contributed by atoms with van der Waals surface area (Å²) >= 11 is 0. The van der Waals surface area contributed by atoms with Crippen molar-refractivity contribution in [3.8, 4) is 5.75 Å². The van der Waals surface area contributed by atoms with E-state index in [1.54, 1.807) is 18.4 Å². The van der Waals surface area contributed by atoms with E-state index < -0.39 is 0 Å². The van der Waals surface area contributed by atoms with Crippen molar-refractivity contribution < 1.29 is 9.52 Å². The first kappa shape index (κ1) is 19.3. The van der Waals surface area contributed by atoms with E-state index in [1.807, 2.05) is 31.2 Å². The van der Waals surface area contributed by atoms with E-state index in [4.69, 9.17) is 4.42 Å². The summed E-state index contributed by atoms with van der Waals surface area (Å²) in [6.07, 6.45) is 3.30. The lowest BCUT2D eigenvalue weighted by Crippen LogP contribution is -2.38. The molecule has 0 atom stereocenters. The zero-order valence-electron chi connectivity index (χ0n) is 13.3. The van der Waals surface area contributed by atoms with Crippen LogP contribution in [0.25, 0.3) is 0 Å². The number of aliphatic imine (C=N–C) groups is 1. The molecular formula is C17H24IN3O2. The van der Waals surface area contributed by atoms with Crippen molar-refractivity contribution in [2.45, 2.75) is 19.8 Å². The molecule has 0 saturated heterocycles. The Balaban J connectivity index is 0.00000264. The molecule has 23 heavy (non-hydrogen) atoms. The number of phenolic OH excluding ortho intramolecular Hbond substituents is 1. The van der Waals surface area contributed by atoms with Crippen molar-refractivity contribution in [1.82, 2.24) is 10.6 Å². The lowest BCUT2D eigenvalue weighted by Gasteiger charge is -2.11. The van der Waals surface area contributed by atoms with Crippen molar-refractivity contribution in [2.75, 3.05) is 19.6 Å². The highest BCUT2D eigenvalue weighted by atomic mass is 127. The molecule has 0 amide bonds. The van der Waals surface area contributed by atoms with E-state index >= 15 is 0 Å². The normalized spacial score (nSPS) is 10.9. The van der Waals surface area contributed by atoms with Crippen LogP contribution in [-0.4, -0.2) is 30.7 Å². The Bertz CT molecular complexity index is 585. The van der Waals surface area contributed by atoms with Crippen molar-refractivity contribution in [2.24, 2.45) is 4.99 Å². The Labute approximate surface area is 154 Å². The van der Waals surface area contributed by atoms with Gasteiger partial charge >= 0.3 is 0 Å². The van der Waals surface area contributed by atoms with Crippen LogP contribution in [0, 0.1) is 0 Å². The smallest absolute Gasteiger partial charge is 0.191 e. The van der Waals surface area contributed by atoms with Crippen LogP contribution in [-0.2, 0) is 12.8 Å². The van der Waals surface area contributed by atoms with E-state index in [0.29, 0.717) is 12.3 Å². The molecule has 126 valence electrons. The predicted octanol–water partition coefficient (Wildman–Crippen LogP) is 2.94. The van der Waals surface area contributed by atoms with Crippen LogP contribution in [0.3, 0.4) is 0 Å². The summed E-state index contributed by atoms with van der Waals surface area (Å²) in [6.45, 7) is 4.29. The maximum absolute atomic E-state index is 9.45. The zero-order valence-corrected chi connectivity index (χ0v) is 15.6. The zero-order chi connectivity index (χ0) is 15.6. The van der Waals surface area contributed by atoms with Gasteiger partial charge < -0.3 is 20.2 Å². The maximum atomic E-state index is 9.45. The van der Waals surface area contributed by atoms with Gasteiger partial charge in [0.2, 0.25) is 0 Å². The van der Waals surface area contributed by atoms with Crippen LogP contribution in [0.4, 0.5) is 0 Å². The third kappa shape index (κ3) is 7.40. The lowest BCUT2D eigenvalue weighted by molar-refractivity contribution is 0.474. The van der Waals surface area contributed by atoms with Crippen molar-refractivity contribution in [3.05, 3.63) is 54.0 Å². The van der Waals surface area contributed by atoms with Crippen molar-refractivity contribution in [3.63, 3.8) is 0 Å². The summed E-state index contributed by atoms with van der Waals surface area (Å²) in [6, 6.07) is 11.2. The summed E-state index contributed by atoms with van der Waals surface area (Å²) in [7, 11) is 0. The van der Waals surface area contributed by atoms with Crippen LogP contribution in [0.5, 0.6) is 5.75 Å². The fraction of sp³-hybridized carbons (Fsp3) is 0.353. The Morgan fingerprint density at radius 2 is 2.04 bits per heavy atom. The number of halogens is 1. The average Bonchev–Trinajstić information content (AvgIpc) is 3.01. The Morgan fingerprint density at radius 1 is 1.17 bits per heavy atom. The summed E-state index contributed by atoms with van der Waals surface area (Å²) in [5.74, 6) is 2.05. The van der Waals surface area contributed by atoms with Crippen LogP contribution < -0.4 is 10.6 Å². The number of hydrogen-bond donors (Lipinski definition) is 3. The fourth-order valence-electron chi connectivity index (χ4n) is 2.11. The minimum atomic E-state index is 0. The second-order valence-electron chi connectivity index (χ2n) is 4.94. The van der Waals surface area contributed by atoms with Gasteiger partial charge in [-0.15, -0.1) is 24.0 Å². The Hall–Kier alpha value is -1.70. The number of guanidine groups is 1. The average molecular weight is 429 g/mol. The number of hydrogen-bond acceptors (Lipinski definition) is 3. The molecule has 5 nitrogen and oxygen atoms in total. The van der Waals surface area contributed by atoms with E-state index in [0.717, 1.165) is 43.2 Å². The van der Waals surface area contributed by atoms with Gasteiger partial charge in [-0.05, 0) is 43.2 Å². The van der Waals surface area contributed by atoms with E-state index in [1.165, 1.54) is 0 Å².